The van der Waals surface area contributed by atoms with Gasteiger partial charge in [0.25, 0.3) is 0 Å². The van der Waals surface area contributed by atoms with Crippen LogP contribution in [0, 0.1) is 0 Å². The van der Waals surface area contributed by atoms with Gasteiger partial charge in [-0.1, -0.05) is 66.7 Å². The summed E-state index contributed by atoms with van der Waals surface area (Å²) < 4.78 is 19.8. The van der Waals surface area contributed by atoms with Crippen molar-refractivity contribution in [2.75, 3.05) is 0 Å². The van der Waals surface area contributed by atoms with E-state index in [0.29, 0.717) is 17.2 Å². The van der Waals surface area contributed by atoms with Gasteiger partial charge < -0.3 is 4.74 Å². The van der Waals surface area contributed by atoms with Gasteiger partial charge in [0, 0.05) is 29.0 Å². The van der Waals surface area contributed by atoms with Crippen LogP contribution in [-0.2, 0) is 9.30 Å². The molecule has 0 saturated carbocycles. The van der Waals surface area contributed by atoms with Gasteiger partial charge >= 0.3 is 0 Å². The molecule has 0 fully saturated rings. The molecule has 1 aromatic heterocycles. The van der Waals surface area contributed by atoms with Crippen LogP contribution in [0.1, 0.15) is 23.7 Å². The monoisotopic (exact) mass is 401 g/mol. The molecule has 1 aliphatic heterocycles. The molecule has 0 amide bonds. The minimum atomic E-state index is -3.15. The number of ether oxygens (including phenoxy) is 1. The minimum absolute atomic E-state index is 0.536. The summed E-state index contributed by atoms with van der Waals surface area (Å²) >= 11 is 0. The molecular formula is C23H20N3O2P. The van der Waals surface area contributed by atoms with Crippen molar-refractivity contribution in [2.24, 2.45) is 5.10 Å². The predicted molar refractivity (Wildman–Crippen MR) is 117 cm³/mol. The zero-order valence-corrected chi connectivity index (χ0v) is 16.8. The summed E-state index contributed by atoms with van der Waals surface area (Å²) in [6.45, 7) is 1.82. The van der Waals surface area contributed by atoms with Crippen LogP contribution in [0.5, 0.6) is 0 Å². The molecule has 0 atom stereocenters. The maximum atomic E-state index is 13.7. The van der Waals surface area contributed by atoms with Crippen molar-refractivity contribution < 1.29 is 9.30 Å². The number of pyridine rings is 1. The Hall–Kier alpha value is -3.43. The summed E-state index contributed by atoms with van der Waals surface area (Å²) in [4.78, 5) is 4.27. The van der Waals surface area contributed by atoms with Crippen molar-refractivity contribution in [2.45, 2.75) is 6.92 Å². The lowest BCUT2D eigenvalue weighted by atomic mass is 10.2. The lowest BCUT2D eigenvalue weighted by Crippen LogP contribution is -2.09. The molecule has 144 valence electrons. The lowest BCUT2D eigenvalue weighted by molar-refractivity contribution is 0.468. The Labute approximate surface area is 169 Å². The number of rotatable bonds is 5. The van der Waals surface area contributed by atoms with Crippen molar-refractivity contribution in [3.8, 4) is 0 Å². The minimum Gasteiger partial charge on any atom is -0.456 e. The summed E-state index contributed by atoms with van der Waals surface area (Å²) in [7, 11) is -3.15. The first-order valence-corrected chi connectivity index (χ1v) is 11.0. The van der Waals surface area contributed by atoms with Gasteiger partial charge in [0.2, 0.25) is 7.29 Å². The first-order chi connectivity index (χ1) is 14.1. The van der Waals surface area contributed by atoms with Gasteiger partial charge in [0.15, 0.2) is 0 Å². The van der Waals surface area contributed by atoms with E-state index >= 15 is 0 Å². The number of hydrogen-bond acceptors (Lipinski definition) is 4. The van der Waals surface area contributed by atoms with E-state index in [9.17, 15) is 4.57 Å². The number of nitrogens with zero attached hydrogens (tertiary/aromatic N) is 2. The molecule has 0 saturated heterocycles. The molecule has 0 radical (unpaired) electrons. The Kier molecular flexibility index (Phi) is 5.41. The lowest BCUT2D eigenvalue weighted by Gasteiger charge is -2.22. The largest absolute Gasteiger partial charge is 0.456 e. The molecule has 29 heavy (non-hydrogen) atoms. The Balaban J connectivity index is 1.71. The van der Waals surface area contributed by atoms with Gasteiger partial charge in [0.05, 0.1) is 11.4 Å². The smallest absolute Gasteiger partial charge is 0.235 e. The van der Waals surface area contributed by atoms with Crippen molar-refractivity contribution in [3.63, 3.8) is 0 Å². The van der Waals surface area contributed by atoms with E-state index in [1.165, 1.54) is 0 Å². The van der Waals surface area contributed by atoms with E-state index in [-0.39, 0.29) is 0 Å². The van der Waals surface area contributed by atoms with Gasteiger partial charge in [-0.05, 0) is 19.1 Å². The molecule has 0 aliphatic carbocycles. The standard InChI is InChI=1S/C23H20N3O2P/c1-18(21-14-8-9-15-24-21)25-26-29(27)16-22(19-10-4-2-5-11-19)28-23(17-29)20-12-6-3-7-13-20/h2-17H,1H3,(H,26,27). The summed E-state index contributed by atoms with van der Waals surface area (Å²) in [5, 5.41) is 7.21. The van der Waals surface area contributed by atoms with Crippen LogP contribution in [-0.4, -0.2) is 10.7 Å². The highest BCUT2D eigenvalue weighted by molar-refractivity contribution is 7.68. The van der Waals surface area contributed by atoms with Crippen LogP contribution in [0.15, 0.2) is 102 Å². The van der Waals surface area contributed by atoms with Crippen LogP contribution >= 0.6 is 7.29 Å². The second-order valence-electron chi connectivity index (χ2n) is 6.54. The SMILES string of the molecule is CC(=NNP1(=O)C=C(c2ccccc2)OC(c2ccccc2)=C1)c1ccccn1. The van der Waals surface area contributed by atoms with Crippen molar-refractivity contribution in [3.05, 3.63) is 114 Å². The molecule has 3 aromatic rings. The quantitative estimate of drug-likeness (QED) is 0.338. The third kappa shape index (κ3) is 4.53. The summed E-state index contributed by atoms with van der Waals surface area (Å²) in [6, 6.07) is 24.8. The summed E-state index contributed by atoms with van der Waals surface area (Å²) in [5.41, 5.74) is 3.07. The maximum Gasteiger partial charge on any atom is 0.235 e. The molecule has 4 rings (SSSR count). The van der Waals surface area contributed by atoms with Crippen molar-refractivity contribution in [1.29, 1.82) is 0 Å². The number of aromatic nitrogens is 1. The zero-order chi connectivity index (χ0) is 20.1. The van der Waals surface area contributed by atoms with Gasteiger partial charge in [0.1, 0.15) is 11.5 Å². The topological polar surface area (TPSA) is 63.6 Å². The van der Waals surface area contributed by atoms with Crippen LogP contribution in [0.4, 0.5) is 0 Å². The molecule has 1 aliphatic rings. The highest BCUT2D eigenvalue weighted by Crippen LogP contribution is 2.53. The normalized spacial score (nSPS) is 15.7. The number of hydrazone groups is 1. The van der Waals surface area contributed by atoms with E-state index in [0.717, 1.165) is 16.8 Å². The number of benzene rings is 2. The highest BCUT2D eigenvalue weighted by atomic mass is 31.2. The number of hydrogen-bond donors (Lipinski definition) is 1. The van der Waals surface area contributed by atoms with Gasteiger partial charge in [-0.25, -0.2) is 0 Å². The Morgan fingerprint density at radius 3 is 1.93 bits per heavy atom. The second-order valence-corrected chi connectivity index (χ2v) is 8.68. The average Bonchev–Trinajstić information content (AvgIpc) is 2.79. The third-order valence-corrected chi connectivity index (χ3v) is 6.01. The fourth-order valence-electron chi connectivity index (χ4n) is 2.87. The van der Waals surface area contributed by atoms with E-state index in [4.69, 9.17) is 4.74 Å². The fourth-order valence-corrected chi connectivity index (χ4v) is 4.47. The summed E-state index contributed by atoms with van der Waals surface area (Å²) in [6.07, 6.45) is 1.70. The molecule has 2 heterocycles. The van der Waals surface area contributed by atoms with Crippen molar-refractivity contribution >= 4 is 24.5 Å². The molecule has 0 bridgehead atoms. The molecule has 2 aromatic carbocycles. The van der Waals surface area contributed by atoms with E-state index in [2.05, 4.69) is 15.3 Å². The Morgan fingerprint density at radius 1 is 0.862 bits per heavy atom. The van der Waals surface area contributed by atoms with Crippen molar-refractivity contribution in [1.82, 2.24) is 10.2 Å². The fraction of sp³-hybridized carbons (Fsp3) is 0.0435. The molecule has 0 spiro atoms. The first kappa shape index (κ1) is 18.9. The van der Waals surface area contributed by atoms with Gasteiger partial charge in [-0.2, -0.15) is 5.10 Å². The van der Waals surface area contributed by atoms with Crippen LogP contribution in [0.2, 0.25) is 0 Å². The second kappa shape index (κ2) is 8.29. The maximum absolute atomic E-state index is 13.7. The Bertz CT molecular complexity index is 1070. The first-order valence-electron chi connectivity index (χ1n) is 9.20. The highest BCUT2D eigenvalue weighted by Gasteiger charge is 2.26. The van der Waals surface area contributed by atoms with E-state index in [1.54, 1.807) is 17.8 Å². The van der Waals surface area contributed by atoms with Crippen LogP contribution in [0.3, 0.4) is 0 Å². The van der Waals surface area contributed by atoms with Crippen LogP contribution in [0.25, 0.3) is 11.5 Å². The van der Waals surface area contributed by atoms with Gasteiger partial charge in [-0.15, -0.1) is 0 Å². The number of nitrogens with one attached hydrogen (secondary N) is 1. The van der Waals surface area contributed by atoms with E-state index in [1.807, 2.05) is 85.8 Å². The third-order valence-electron chi connectivity index (χ3n) is 4.36. The summed E-state index contributed by atoms with van der Waals surface area (Å²) in [5.74, 6) is 4.30. The zero-order valence-electron chi connectivity index (χ0n) is 15.9. The van der Waals surface area contributed by atoms with E-state index < -0.39 is 7.29 Å². The van der Waals surface area contributed by atoms with Gasteiger partial charge in [-0.3, -0.25) is 14.7 Å². The average molecular weight is 401 g/mol. The molecule has 0 unspecified atom stereocenters. The molecule has 6 heteroatoms. The molecular weight excluding hydrogens is 381 g/mol. The molecule has 5 nitrogen and oxygen atoms in total. The predicted octanol–water partition coefficient (Wildman–Crippen LogP) is 5.70. The van der Waals surface area contributed by atoms with Crippen LogP contribution < -0.4 is 5.20 Å². The Morgan fingerprint density at radius 2 is 1.41 bits per heavy atom. The molecule has 1 N–H and O–H groups in total.